The minimum absolute atomic E-state index is 0.194. The molecule has 4 aromatic rings. The summed E-state index contributed by atoms with van der Waals surface area (Å²) in [6, 6.07) is 23.5. The summed E-state index contributed by atoms with van der Waals surface area (Å²) in [5.74, 6) is -0.0625. The zero-order chi connectivity index (χ0) is 23.2. The Balaban J connectivity index is 1.55. The molecule has 0 saturated carbocycles. The number of ether oxygens (including phenoxy) is 1. The third kappa shape index (κ3) is 5.39. The monoisotopic (exact) mass is 460 g/mol. The van der Waals surface area contributed by atoms with Crippen molar-refractivity contribution in [3.8, 4) is 22.7 Å². The van der Waals surface area contributed by atoms with E-state index >= 15 is 0 Å². The van der Waals surface area contributed by atoms with Crippen LogP contribution in [0.15, 0.2) is 85.1 Å². The highest BCUT2D eigenvalue weighted by atomic mass is 35.5. The van der Waals surface area contributed by atoms with Crippen molar-refractivity contribution in [1.29, 1.82) is 0 Å². The summed E-state index contributed by atoms with van der Waals surface area (Å²) in [5, 5.41) is 10.6. The van der Waals surface area contributed by atoms with E-state index < -0.39 is 5.91 Å². The van der Waals surface area contributed by atoms with Gasteiger partial charge in [-0.15, -0.1) is 0 Å². The first kappa shape index (κ1) is 22.1. The number of hydrogen-bond donors (Lipinski definition) is 2. The van der Waals surface area contributed by atoms with Crippen LogP contribution in [0.4, 0.5) is 5.69 Å². The molecule has 8 heteroatoms. The first-order valence-corrected chi connectivity index (χ1v) is 10.5. The number of methoxy groups -OCH3 is 1. The van der Waals surface area contributed by atoms with Gasteiger partial charge in [-0.05, 0) is 60.7 Å². The number of benzene rings is 3. The Morgan fingerprint density at radius 2 is 1.67 bits per heavy atom. The predicted molar refractivity (Wildman–Crippen MR) is 128 cm³/mol. The number of aromatic nitrogens is 2. The Kier molecular flexibility index (Phi) is 6.71. The molecule has 4 rings (SSSR count). The minimum atomic E-state index is -0.408. The van der Waals surface area contributed by atoms with Gasteiger partial charge in [0.05, 0.1) is 24.9 Å². The van der Waals surface area contributed by atoms with E-state index in [2.05, 4.69) is 15.7 Å². The lowest BCUT2D eigenvalue weighted by atomic mass is 10.1. The molecular weight excluding hydrogens is 440 g/mol. The molecule has 2 amide bonds. The van der Waals surface area contributed by atoms with Crippen molar-refractivity contribution in [2.45, 2.75) is 0 Å². The van der Waals surface area contributed by atoms with Crippen molar-refractivity contribution in [3.63, 3.8) is 0 Å². The highest BCUT2D eigenvalue weighted by Gasteiger charge is 2.19. The molecule has 166 valence electrons. The lowest BCUT2D eigenvalue weighted by Crippen LogP contribution is -2.32. The second-order valence-corrected chi connectivity index (χ2v) is 7.57. The van der Waals surface area contributed by atoms with Crippen LogP contribution in [0.25, 0.3) is 16.9 Å². The average molecular weight is 461 g/mol. The van der Waals surface area contributed by atoms with Crippen molar-refractivity contribution in [3.05, 3.63) is 95.6 Å². The summed E-state index contributed by atoms with van der Waals surface area (Å²) in [6.07, 6.45) is 1.65. The van der Waals surface area contributed by atoms with Crippen molar-refractivity contribution in [2.24, 2.45) is 0 Å². The maximum absolute atomic E-state index is 13.0. The zero-order valence-corrected chi connectivity index (χ0v) is 18.5. The van der Waals surface area contributed by atoms with Crippen LogP contribution < -0.4 is 15.4 Å². The largest absolute Gasteiger partial charge is 0.497 e. The van der Waals surface area contributed by atoms with Gasteiger partial charge in [0.15, 0.2) is 0 Å². The first-order chi connectivity index (χ1) is 16.0. The van der Waals surface area contributed by atoms with Crippen LogP contribution in [-0.4, -0.2) is 35.2 Å². The van der Waals surface area contributed by atoms with E-state index in [0.29, 0.717) is 27.7 Å². The number of halogens is 1. The van der Waals surface area contributed by atoms with E-state index in [1.54, 1.807) is 54.4 Å². The van der Waals surface area contributed by atoms with Crippen molar-refractivity contribution in [1.82, 2.24) is 15.1 Å². The quantitative estimate of drug-likeness (QED) is 0.423. The molecule has 0 aliphatic carbocycles. The number of nitrogens with one attached hydrogen (secondary N) is 2. The summed E-state index contributed by atoms with van der Waals surface area (Å²) in [5.41, 5.74) is 3.00. The minimum Gasteiger partial charge on any atom is -0.497 e. The average Bonchev–Trinajstić information content (AvgIpc) is 3.30. The van der Waals surface area contributed by atoms with Crippen molar-refractivity contribution >= 4 is 29.1 Å². The van der Waals surface area contributed by atoms with Gasteiger partial charge >= 0.3 is 0 Å². The molecular formula is C25H21ClN4O3. The molecule has 0 fully saturated rings. The number of carbonyl (C=O) groups is 2. The van der Waals surface area contributed by atoms with Crippen LogP contribution in [0.5, 0.6) is 5.75 Å². The SMILES string of the molecule is COc1ccc(-c2nn(-c3ccccc3)cc2C(=O)NCC(=O)Nc2ccc(Cl)cc2)cc1. The molecule has 7 nitrogen and oxygen atoms in total. The lowest BCUT2D eigenvalue weighted by molar-refractivity contribution is -0.115. The standard InChI is InChI=1S/C25H21ClN4O3/c1-33-21-13-7-17(8-14-21)24-22(16-30(29-24)20-5-3-2-4-6-20)25(32)27-15-23(31)28-19-11-9-18(26)10-12-19/h2-14,16H,15H2,1H3,(H,27,32)(H,28,31). The molecule has 0 spiro atoms. The van der Waals surface area contributed by atoms with Gasteiger partial charge in [0.1, 0.15) is 11.4 Å². The molecule has 0 radical (unpaired) electrons. The van der Waals surface area contributed by atoms with Crippen molar-refractivity contribution < 1.29 is 14.3 Å². The van der Waals surface area contributed by atoms with Gasteiger partial charge in [0, 0.05) is 22.5 Å². The molecule has 0 unspecified atom stereocenters. The van der Waals surface area contributed by atoms with Gasteiger partial charge in [-0.25, -0.2) is 4.68 Å². The Bertz CT molecular complexity index is 1250. The molecule has 3 aromatic carbocycles. The first-order valence-electron chi connectivity index (χ1n) is 10.2. The Hall–Kier alpha value is -4.10. The zero-order valence-electron chi connectivity index (χ0n) is 17.8. The van der Waals surface area contributed by atoms with E-state index in [9.17, 15) is 9.59 Å². The van der Waals surface area contributed by atoms with Gasteiger partial charge in [-0.1, -0.05) is 29.8 Å². The molecule has 2 N–H and O–H groups in total. The Labute approximate surface area is 196 Å². The molecule has 0 saturated heterocycles. The van der Waals surface area contributed by atoms with Crippen LogP contribution >= 0.6 is 11.6 Å². The molecule has 1 heterocycles. The number of amides is 2. The van der Waals surface area contributed by atoms with E-state index in [0.717, 1.165) is 11.3 Å². The third-order valence-electron chi connectivity index (χ3n) is 4.88. The van der Waals surface area contributed by atoms with Gasteiger partial charge in [0.25, 0.3) is 5.91 Å². The highest BCUT2D eigenvalue weighted by Crippen LogP contribution is 2.26. The van der Waals surface area contributed by atoms with E-state index in [1.807, 2.05) is 42.5 Å². The summed E-state index contributed by atoms with van der Waals surface area (Å²) in [4.78, 5) is 25.3. The fourth-order valence-electron chi connectivity index (χ4n) is 3.21. The number of para-hydroxylation sites is 1. The van der Waals surface area contributed by atoms with Crippen LogP contribution in [0.2, 0.25) is 5.02 Å². The van der Waals surface area contributed by atoms with Gasteiger partial charge in [-0.3, -0.25) is 9.59 Å². The van der Waals surface area contributed by atoms with Crippen LogP contribution in [0, 0.1) is 0 Å². The summed E-state index contributed by atoms with van der Waals surface area (Å²) in [6.45, 7) is -0.194. The molecule has 0 atom stereocenters. The molecule has 0 aliphatic heterocycles. The van der Waals surface area contributed by atoms with Crippen LogP contribution in [0.1, 0.15) is 10.4 Å². The topological polar surface area (TPSA) is 85.2 Å². The number of carbonyl (C=O) groups excluding carboxylic acids is 2. The van der Waals surface area contributed by atoms with Gasteiger partial charge in [0.2, 0.25) is 5.91 Å². The summed E-state index contributed by atoms with van der Waals surface area (Å²) in [7, 11) is 1.59. The number of anilines is 1. The van der Waals surface area contributed by atoms with E-state index in [1.165, 1.54) is 0 Å². The smallest absolute Gasteiger partial charge is 0.255 e. The normalized spacial score (nSPS) is 10.5. The number of hydrogen-bond acceptors (Lipinski definition) is 4. The molecule has 0 aliphatic rings. The lowest BCUT2D eigenvalue weighted by Gasteiger charge is -2.07. The third-order valence-corrected chi connectivity index (χ3v) is 5.13. The second kappa shape index (κ2) is 10.0. The van der Waals surface area contributed by atoms with Gasteiger partial charge < -0.3 is 15.4 Å². The summed E-state index contributed by atoms with van der Waals surface area (Å²) < 4.78 is 6.86. The predicted octanol–water partition coefficient (Wildman–Crippen LogP) is 4.57. The highest BCUT2D eigenvalue weighted by molar-refractivity contribution is 6.30. The fourth-order valence-corrected chi connectivity index (χ4v) is 3.34. The van der Waals surface area contributed by atoms with Crippen molar-refractivity contribution in [2.75, 3.05) is 19.0 Å². The maximum Gasteiger partial charge on any atom is 0.255 e. The van der Waals surface area contributed by atoms with Crippen LogP contribution in [0.3, 0.4) is 0 Å². The summed E-state index contributed by atoms with van der Waals surface area (Å²) >= 11 is 5.86. The Morgan fingerprint density at radius 3 is 2.33 bits per heavy atom. The Morgan fingerprint density at radius 1 is 0.970 bits per heavy atom. The molecule has 1 aromatic heterocycles. The maximum atomic E-state index is 13.0. The fraction of sp³-hybridized carbons (Fsp3) is 0.0800. The van der Waals surface area contributed by atoms with E-state index in [4.69, 9.17) is 16.3 Å². The van der Waals surface area contributed by atoms with E-state index in [-0.39, 0.29) is 12.5 Å². The molecule has 33 heavy (non-hydrogen) atoms. The number of nitrogens with zero attached hydrogens (tertiary/aromatic N) is 2. The van der Waals surface area contributed by atoms with Crippen LogP contribution in [-0.2, 0) is 4.79 Å². The molecule has 0 bridgehead atoms. The number of rotatable bonds is 7. The second-order valence-electron chi connectivity index (χ2n) is 7.14. The van der Waals surface area contributed by atoms with Gasteiger partial charge in [-0.2, -0.15) is 5.10 Å².